The fourth-order valence-electron chi connectivity index (χ4n) is 7.46. The summed E-state index contributed by atoms with van der Waals surface area (Å²) in [4.78, 5) is 51.9. The van der Waals surface area contributed by atoms with Gasteiger partial charge in [-0.15, -0.1) is 0 Å². The molecule has 2 heterocycles. The van der Waals surface area contributed by atoms with E-state index in [1.165, 1.54) is 128 Å². The third kappa shape index (κ3) is 25.1. The number of aliphatic hydroxyl groups is 1. The van der Waals surface area contributed by atoms with Crippen molar-refractivity contribution in [2.45, 2.75) is 218 Å². The van der Waals surface area contributed by atoms with Gasteiger partial charge in [0, 0.05) is 19.0 Å². The van der Waals surface area contributed by atoms with Crippen molar-refractivity contribution >= 4 is 25.6 Å². The smallest absolute Gasteiger partial charge is 0.462 e. The molecule has 1 aliphatic heterocycles. The number of anilines is 1. The zero-order valence-electron chi connectivity index (χ0n) is 37.4. The van der Waals surface area contributed by atoms with E-state index in [1.54, 1.807) is 0 Å². The van der Waals surface area contributed by atoms with E-state index < -0.39 is 69.1 Å². The number of carbonyl (C=O) groups is 2. The number of phosphoric ester groups is 1. The van der Waals surface area contributed by atoms with E-state index >= 15 is 0 Å². The maximum Gasteiger partial charge on any atom is 0.472 e. The average molecular weight is 883 g/mol. The van der Waals surface area contributed by atoms with E-state index in [4.69, 9.17) is 29.0 Å². The minimum Gasteiger partial charge on any atom is -0.462 e. The van der Waals surface area contributed by atoms with Crippen molar-refractivity contribution in [3.63, 3.8) is 0 Å². The summed E-state index contributed by atoms with van der Waals surface area (Å²) < 4.78 is 40.8. The Hall–Kier alpha value is -2.86. The first-order valence-electron chi connectivity index (χ1n) is 23.6. The molecule has 1 aromatic rings. The Balaban J connectivity index is 1.80. The Labute approximate surface area is 365 Å². The lowest BCUT2D eigenvalue weighted by atomic mass is 10.0. The molecule has 1 fully saturated rings. The number of aliphatic hydroxyl groups excluding tert-OH is 1. The van der Waals surface area contributed by atoms with Gasteiger partial charge in [0.2, 0.25) is 0 Å². The molecule has 61 heavy (non-hydrogen) atoms. The van der Waals surface area contributed by atoms with Crippen LogP contribution in [0.4, 0.5) is 5.82 Å². The van der Waals surface area contributed by atoms with E-state index in [2.05, 4.69) is 18.8 Å². The molecule has 0 radical (unpaired) electrons. The first kappa shape index (κ1) is 54.3. The van der Waals surface area contributed by atoms with Gasteiger partial charge in [0.25, 0.3) is 0 Å². The number of esters is 2. The summed E-state index contributed by atoms with van der Waals surface area (Å²) in [5.74, 6) is -2.28. The summed E-state index contributed by atoms with van der Waals surface area (Å²) in [7, 11) is -4.85. The van der Waals surface area contributed by atoms with Crippen molar-refractivity contribution in [3.8, 4) is 6.07 Å². The van der Waals surface area contributed by atoms with Crippen LogP contribution in [0.5, 0.6) is 0 Å². The van der Waals surface area contributed by atoms with Crippen LogP contribution in [0.2, 0.25) is 0 Å². The number of unbranched alkanes of at least 4 members (excludes halogenated alkanes) is 24. The van der Waals surface area contributed by atoms with Gasteiger partial charge in [-0.25, -0.2) is 9.36 Å². The largest absolute Gasteiger partial charge is 0.472 e. The lowest BCUT2D eigenvalue weighted by molar-refractivity contribution is -0.161. The van der Waals surface area contributed by atoms with Gasteiger partial charge in [-0.1, -0.05) is 168 Å². The lowest BCUT2D eigenvalue weighted by Crippen LogP contribution is -2.32. The molecule has 1 unspecified atom stereocenters. The Morgan fingerprint density at radius 1 is 0.787 bits per heavy atom. The highest BCUT2D eigenvalue weighted by Crippen LogP contribution is 2.45. The number of phosphoric acid groups is 1. The van der Waals surface area contributed by atoms with Crippen molar-refractivity contribution in [2.24, 2.45) is 5.92 Å². The maximum atomic E-state index is 12.9. The minimum atomic E-state index is -4.85. The summed E-state index contributed by atoms with van der Waals surface area (Å²) in [6.45, 7) is 2.79. The quantitative estimate of drug-likeness (QED) is 0.0320. The van der Waals surface area contributed by atoms with Gasteiger partial charge in [-0.05, 0) is 18.9 Å². The van der Waals surface area contributed by atoms with Gasteiger partial charge in [0.15, 0.2) is 12.3 Å². The van der Waals surface area contributed by atoms with Gasteiger partial charge in [0.1, 0.15) is 30.6 Å². The summed E-state index contributed by atoms with van der Waals surface area (Å²) >= 11 is 0. The zero-order valence-corrected chi connectivity index (χ0v) is 38.3. The zero-order chi connectivity index (χ0) is 44.6. The molecule has 0 spiro atoms. The highest BCUT2D eigenvalue weighted by Gasteiger charge is 2.46. The number of hydrogen-bond acceptors (Lipinski definition) is 13. The number of rotatable bonds is 38. The summed E-state index contributed by atoms with van der Waals surface area (Å²) in [6.07, 6.45) is 26.9. The van der Waals surface area contributed by atoms with Crippen molar-refractivity contribution in [2.75, 3.05) is 25.6 Å². The standard InChI is InChI=1S/C45H79N4O11P/c1-3-5-7-9-11-13-15-17-19-21-23-25-27-29-41(50)56-34-37(59-42(51)30-28-26-24-22-20-18-16-14-12-10-8-6-4-2)35-57-61(54,55)58-36-39-43(52)38(33-46)44(60-39)49-32-31-40(47)48-45(49)53/h31-32,37-39,43-44,52H,3-30,34-36H2,1-2H3,(H,54,55)(H2,47,48,53)/t37-,38+,39-,43+,44-/m1/s1. The Morgan fingerprint density at radius 2 is 1.25 bits per heavy atom. The number of nitrogens with zero attached hydrogens (tertiary/aromatic N) is 3. The van der Waals surface area contributed by atoms with E-state index in [9.17, 15) is 34.2 Å². The normalized spacial score (nSPS) is 19.0. The van der Waals surface area contributed by atoms with Crippen molar-refractivity contribution in [1.82, 2.24) is 9.55 Å². The third-order valence-corrected chi connectivity index (χ3v) is 12.1. The molecule has 0 saturated carbocycles. The topological polar surface area (TPSA) is 223 Å². The summed E-state index contributed by atoms with van der Waals surface area (Å²) in [6, 6.07) is 3.21. The van der Waals surface area contributed by atoms with Crippen molar-refractivity contribution < 1.29 is 47.4 Å². The lowest BCUT2D eigenvalue weighted by Gasteiger charge is -2.21. The molecule has 15 nitrogen and oxygen atoms in total. The number of nitriles is 1. The molecule has 6 atom stereocenters. The SMILES string of the molecule is CCCCCCCCCCCCCCCC(=O)OC[C@H](COP(=O)(O)OC[C@H]1O[C@@H](n2ccc(N)nc2=O)[C@@H](C#N)[C@@H]1O)OC(=O)CCCCCCCCCCCCCCC. The van der Waals surface area contributed by atoms with Crippen LogP contribution in [0, 0.1) is 17.2 Å². The second-order valence-electron chi connectivity index (χ2n) is 16.6. The van der Waals surface area contributed by atoms with Gasteiger partial charge in [-0.3, -0.25) is 23.2 Å². The highest BCUT2D eigenvalue weighted by molar-refractivity contribution is 7.47. The van der Waals surface area contributed by atoms with Crippen molar-refractivity contribution in [3.05, 3.63) is 22.7 Å². The third-order valence-electron chi connectivity index (χ3n) is 11.2. The fraction of sp³-hybridized carbons (Fsp3) is 0.844. The van der Waals surface area contributed by atoms with Crippen LogP contribution in [0.25, 0.3) is 0 Å². The molecule has 350 valence electrons. The molecular formula is C45H79N4O11P. The summed E-state index contributed by atoms with van der Waals surface area (Å²) in [5.41, 5.74) is 4.74. The molecule has 16 heteroatoms. The van der Waals surface area contributed by atoms with Gasteiger partial charge < -0.3 is 29.9 Å². The number of nitrogens with two attached hydrogens (primary N) is 1. The Kier molecular flexibility index (Phi) is 30.0. The predicted molar refractivity (Wildman–Crippen MR) is 235 cm³/mol. The average Bonchev–Trinajstić information content (AvgIpc) is 3.55. The fourth-order valence-corrected chi connectivity index (χ4v) is 8.22. The first-order valence-corrected chi connectivity index (χ1v) is 25.1. The van der Waals surface area contributed by atoms with Gasteiger partial charge in [-0.2, -0.15) is 10.2 Å². The second-order valence-corrected chi connectivity index (χ2v) is 18.0. The van der Waals surface area contributed by atoms with Crippen LogP contribution in [0.1, 0.15) is 200 Å². The van der Waals surface area contributed by atoms with Crippen LogP contribution >= 0.6 is 7.82 Å². The van der Waals surface area contributed by atoms with Crippen LogP contribution < -0.4 is 11.4 Å². The first-order chi connectivity index (χ1) is 29.5. The van der Waals surface area contributed by atoms with Crippen LogP contribution in [0.3, 0.4) is 0 Å². The van der Waals surface area contributed by atoms with Crippen LogP contribution in [-0.2, 0) is 37.4 Å². The molecule has 0 aliphatic carbocycles. The van der Waals surface area contributed by atoms with Crippen LogP contribution in [-0.4, -0.2) is 69.6 Å². The summed E-state index contributed by atoms with van der Waals surface area (Å²) in [5, 5.41) is 20.4. The van der Waals surface area contributed by atoms with E-state index in [1.807, 2.05) is 6.07 Å². The predicted octanol–water partition coefficient (Wildman–Crippen LogP) is 9.77. The molecule has 0 aromatic carbocycles. The molecule has 0 bridgehead atoms. The number of nitrogen functional groups attached to an aromatic ring is 1. The molecule has 2 rings (SSSR count). The minimum absolute atomic E-state index is 0.0419. The maximum absolute atomic E-state index is 12.9. The van der Waals surface area contributed by atoms with Crippen LogP contribution in [0.15, 0.2) is 17.1 Å². The molecule has 1 saturated heterocycles. The second kappa shape index (κ2) is 33.7. The molecule has 1 aliphatic rings. The number of carbonyl (C=O) groups excluding carboxylic acids is 2. The van der Waals surface area contributed by atoms with Crippen molar-refractivity contribution in [1.29, 1.82) is 5.26 Å². The highest BCUT2D eigenvalue weighted by atomic mass is 31.2. The molecule has 0 amide bonds. The number of aromatic nitrogens is 2. The number of ether oxygens (including phenoxy) is 3. The van der Waals surface area contributed by atoms with Gasteiger partial charge >= 0.3 is 25.5 Å². The number of hydrogen-bond donors (Lipinski definition) is 3. The molecule has 1 aromatic heterocycles. The van der Waals surface area contributed by atoms with Gasteiger partial charge in [0.05, 0.1) is 19.3 Å². The molecule has 4 N–H and O–H groups in total. The molecular weight excluding hydrogens is 803 g/mol. The van der Waals surface area contributed by atoms with E-state index in [0.29, 0.717) is 12.8 Å². The van der Waals surface area contributed by atoms with E-state index in [0.717, 1.165) is 43.1 Å². The monoisotopic (exact) mass is 883 g/mol. The Morgan fingerprint density at radius 3 is 1.70 bits per heavy atom. The van der Waals surface area contributed by atoms with E-state index in [-0.39, 0.29) is 25.3 Å². The Bertz CT molecular complexity index is 1470.